The van der Waals surface area contributed by atoms with Crippen molar-refractivity contribution >= 4 is 11.6 Å². The third-order valence-corrected chi connectivity index (χ3v) is 2.92. The number of furan rings is 1. The average molecular weight is 242 g/mol. The maximum absolute atomic E-state index is 6.00. The molecule has 0 saturated carbocycles. The van der Waals surface area contributed by atoms with Gasteiger partial charge in [0.25, 0.3) is 0 Å². The summed E-state index contributed by atoms with van der Waals surface area (Å²) in [5.74, 6) is 0.955. The first-order valence-electron chi connectivity index (χ1n) is 5.62. The van der Waals surface area contributed by atoms with Crippen molar-refractivity contribution in [1.82, 2.24) is 5.32 Å². The third kappa shape index (κ3) is 2.42. The fourth-order valence-electron chi connectivity index (χ4n) is 1.86. The summed E-state index contributed by atoms with van der Waals surface area (Å²) in [5, 5.41) is 3.79. The number of rotatable bonds is 4. The molecule has 3 nitrogen and oxygen atoms in total. The van der Waals surface area contributed by atoms with Gasteiger partial charge in [0.1, 0.15) is 5.76 Å². The van der Waals surface area contributed by atoms with Crippen molar-refractivity contribution in [2.24, 2.45) is 0 Å². The molecule has 4 heteroatoms. The molecule has 88 valence electrons. The third-order valence-electron chi connectivity index (χ3n) is 2.61. The van der Waals surface area contributed by atoms with Gasteiger partial charge >= 0.3 is 0 Å². The highest BCUT2D eigenvalue weighted by Gasteiger charge is 2.22. The number of ether oxygens (including phenoxy) is 1. The smallest absolute Gasteiger partial charge is 0.198 e. The number of nitrogens with one attached hydrogen (secondary N) is 1. The second-order valence-electron chi connectivity index (χ2n) is 3.74. The van der Waals surface area contributed by atoms with Crippen LogP contribution in [0.4, 0.5) is 0 Å². The lowest BCUT2D eigenvalue weighted by Gasteiger charge is -2.23. The molecule has 0 aromatic carbocycles. The molecule has 0 fully saturated rings. The topological polar surface area (TPSA) is 34.4 Å². The van der Waals surface area contributed by atoms with Crippen molar-refractivity contribution in [3.63, 3.8) is 0 Å². The Morgan fingerprint density at radius 3 is 3.00 bits per heavy atom. The maximum Gasteiger partial charge on any atom is 0.198 e. The molecule has 0 saturated heterocycles. The van der Waals surface area contributed by atoms with E-state index in [1.807, 2.05) is 6.07 Å². The van der Waals surface area contributed by atoms with Crippen LogP contribution in [0.2, 0.25) is 5.22 Å². The van der Waals surface area contributed by atoms with E-state index in [9.17, 15) is 0 Å². The van der Waals surface area contributed by atoms with Crippen LogP contribution < -0.4 is 5.32 Å². The van der Waals surface area contributed by atoms with E-state index in [2.05, 4.69) is 18.3 Å². The highest BCUT2D eigenvalue weighted by Crippen LogP contribution is 2.31. The summed E-state index contributed by atoms with van der Waals surface area (Å²) in [6, 6.07) is 1.89. The molecule has 16 heavy (non-hydrogen) atoms. The molecule has 1 atom stereocenters. The zero-order chi connectivity index (χ0) is 11.4. The Morgan fingerprint density at radius 2 is 2.44 bits per heavy atom. The Hall–Kier alpha value is -0.930. The second kappa shape index (κ2) is 5.41. The van der Waals surface area contributed by atoms with E-state index in [0.29, 0.717) is 5.22 Å². The molecule has 1 unspecified atom stereocenters. The lowest BCUT2D eigenvalue weighted by Crippen LogP contribution is -2.25. The van der Waals surface area contributed by atoms with E-state index in [-0.39, 0.29) is 6.04 Å². The maximum atomic E-state index is 6.00. The van der Waals surface area contributed by atoms with Gasteiger partial charge in [0, 0.05) is 5.56 Å². The number of halogens is 1. The van der Waals surface area contributed by atoms with E-state index >= 15 is 0 Å². The lowest BCUT2D eigenvalue weighted by atomic mass is 10.1. The number of hydrogen-bond acceptors (Lipinski definition) is 3. The van der Waals surface area contributed by atoms with Crippen LogP contribution in [-0.4, -0.2) is 13.2 Å². The van der Waals surface area contributed by atoms with E-state index in [4.69, 9.17) is 20.8 Å². The average Bonchev–Trinajstić information content (AvgIpc) is 2.73. The van der Waals surface area contributed by atoms with Gasteiger partial charge < -0.3 is 14.5 Å². The van der Waals surface area contributed by atoms with Crippen molar-refractivity contribution in [2.75, 3.05) is 13.2 Å². The lowest BCUT2D eigenvalue weighted by molar-refractivity contribution is 0.168. The molecule has 1 aliphatic rings. The van der Waals surface area contributed by atoms with Crippen LogP contribution >= 0.6 is 11.6 Å². The van der Waals surface area contributed by atoms with Gasteiger partial charge in [0.05, 0.1) is 18.9 Å². The minimum Gasteiger partial charge on any atom is -0.496 e. The number of likely N-dealkylation sites (N-methyl/N-ethyl adjacent to an activating group) is 1. The van der Waals surface area contributed by atoms with Crippen molar-refractivity contribution in [1.29, 1.82) is 0 Å². The van der Waals surface area contributed by atoms with Crippen LogP contribution in [-0.2, 0) is 4.74 Å². The largest absolute Gasteiger partial charge is 0.496 e. The zero-order valence-corrected chi connectivity index (χ0v) is 10.1. The molecule has 1 aliphatic heterocycles. The summed E-state index contributed by atoms with van der Waals surface area (Å²) >= 11 is 6.00. The van der Waals surface area contributed by atoms with Gasteiger partial charge in [-0.3, -0.25) is 0 Å². The summed E-state index contributed by atoms with van der Waals surface area (Å²) in [6.45, 7) is 3.69. The van der Waals surface area contributed by atoms with Crippen LogP contribution in [0.3, 0.4) is 0 Å². The highest BCUT2D eigenvalue weighted by molar-refractivity contribution is 6.29. The van der Waals surface area contributed by atoms with Gasteiger partial charge in [-0.15, -0.1) is 0 Å². The summed E-state index contributed by atoms with van der Waals surface area (Å²) in [5.41, 5.74) is 0.941. The minimum atomic E-state index is 0.0107. The van der Waals surface area contributed by atoms with E-state index in [0.717, 1.165) is 37.3 Å². The fourth-order valence-corrected chi connectivity index (χ4v) is 2.08. The van der Waals surface area contributed by atoms with Gasteiger partial charge in [-0.1, -0.05) is 6.92 Å². The van der Waals surface area contributed by atoms with Gasteiger partial charge in [-0.2, -0.15) is 0 Å². The molecule has 2 rings (SSSR count). The van der Waals surface area contributed by atoms with Crippen LogP contribution in [0.5, 0.6) is 0 Å². The first kappa shape index (κ1) is 11.6. The minimum absolute atomic E-state index is 0.0107. The molecule has 0 radical (unpaired) electrons. The SMILES string of the molecule is CCNC(C1=CCCCO1)c1ccoc1Cl. The van der Waals surface area contributed by atoms with Crippen LogP contribution in [0.1, 0.15) is 31.4 Å². The van der Waals surface area contributed by atoms with Crippen molar-refractivity contribution in [3.05, 3.63) is 34.9 Å². The number of allylic oxidation sites excluding steroid dienone is 1. The Bertz CT molecular complexity index is 373. The van der Waals surface area contributed by atoms with Crippen LogP contribution in [0.15, 0.2) is 28.6 Å². The molecule has 1 N–H and O–H groups in total. The fraction of sp³-hybridized carbons (Fsp3) is 0.500. The Labute approximate surface area is 100 Å². The van der Waals surface area contributed by atoms with E-state index < -0.39 is 0 Å². The first-order chi connectivity index (χ1) is 7.83. The molecule has 0 aliphatic carbocycles. The highest BCUT2D eigenvalue weighted by atomic mass is 35.5. The Morgan fingerprint density at radius 1 is 1.56 bits per heavy atom. The van der Waals surface area contributed by atoms with Crippen LogP contribution in [0.25, 0.3) is 0 Å². The molecule has 2 heterocycles. The van der Waals surface area contributed by atoms with Crippen molar-refractivity contribution in [2.45, 2.75) is 25.8 Å². The predicted octanol–water partition coefficient (Wildman–Crippen LogP) is 3.28. The van der Waals surface area contributed by atoms with Gasteiger partial charge in [-0.25, -0.2) is 0 Å². The Kier molecular flexibility index (Phi) is 3.91. The molecule has 0 amide bonds. The molecule has 0 bridgehead atoms. The summed E-state index contributed by atoms with van der Waals surface area (Å²) < 4.78 is 10.8. The number of hydrogen-bond donors (Lipinski definition) is 1. The normalized spacial score (nSPS) is 17.8. The standard InChI is InChI=1S/C12H16ClNO2/c1-2-14-11(9-6-8-16-12(9)13)10-5-3-4-7-15-10/h5-6,8,11,14H,2-4,7H2,1H3. The molecule has 1 aromatic heterocycles. The van der Waals surface area contributed by atoms with E-state index in [1.54, 1.807) is 6.26 Å². The summed E-state index contributed by atoms with van der Waals surface area (Å²) in [6.07, 6.45) is 5.87. The first-order valence-corrected chi connectivity index (χ1v) is 6.00. The second-order valence-corrected chi connectivity index (χ2v) is 4.08. The Balaban J connectivity index is 2.23. The predicted molar refractivity (Wildman–Crippen MR) is 63.4 cm³/mol. The molecular formula is C12H16ClNO2. The van der Waals surface area contributed by atoms with Crippen LogP contribution in [0, 0.1) is 0 Å². The van der Waals surface area contributed by atoms with Gasteiger partial charge in [0.2, 0.25) is 0 Å². The monoisotopic (exact) mass is 241 g/mol. The van der Waals surface area contributed by atoms with Crippen molar-refractivity contribution in [3.8, 4) is 0 Å². The van der Waals surface area contributed by atoms with Crippen molar-refractivity contribution < 1.29 is 9.15 Å². The van der Waals surface area contributed by atoms with E-state index in [1.165, 1.54) is 0 Å². The summed E-state index contributed by atoms with van der Waals surface area (Å²) in [4.78, 5) is 0. The van der Waals surface area contributed by atoms with Gasteiger partial charge in [0.15, 0.2) is 5.22 Å². The summed E-state index contributed by atoms with van der Waals surface area (Å²) in [7, 11) is 0. The van der Waals surface area contributed by atoms with Gasteiger partial charge in [-0.05, 0) is 43.1 Å². The molecule has 1 aromatic rings. The molecule has 0 spiro atoms. The quantitative estimate of drug-likeness (QED) is 0.879. The zero-order valence-electron chi connectivity index (χ0n) is 9.33. The molecular weight excluding hydrogens is 226 g/mol.